The predicted molar refractivity (Wildman–Crippen MR) is 220 cm³/mol. The Morgan fingerprint density at radius 3 is 1.77 bits per heavy atom. The van der Waals surface area contributed by atoms with Crippen LogP contribution in [0.5, 0.6) is 28.7 Å². The number of ether oxygens (including phenoxy) is 8. The Hall–Kier alpha value is -6.95. The molecule has 3 fully saturated rings. The number of carbonyl (C=O) groups is 4. The molecule has 3 saturated heterocycles. The Kier molecular flexibility index (Phi) is 14.7. The third-order valence-corrected chi connectivity index (χ3v) is 11.0. The lowest BCUT2D eigenvalue weighted by Crippen LogP contribution is -2.66. The monoisotopic (exact) mass is 974 g/mol. The van der Waals surface area contributed by atoms with E-state index >= 15 is 0 Å². The normalized spacial score (nSPS) is 31.4. The maximum absolute atomic E-state index is 13.2. The van der Waals surface area contributed by atoms with Crippen LogP contribution in [0.1, 0.15) is 5.56 Å². The van der Waals surface area contributed by atoms with E-state index in [-0.39, 0.29) is 45.3 Å². The van der Waals surface area contributed by atoms with Crippen molar-refractivity contribution in [2.45, 2.75) is 92.1 Å². The number of phenols is 2. The fourth-order valence-corrected chi connectivity index (χ4v) is 7.42. The van der Waals surface area contributed by atoms with Gasteiger partial charge >= 0.3 is 23.9 Å². The van der Waals surface area contributed by atoms with Gasteiger partial charge in [-0.1, -0.05) is 6.07 Å². The van der Waals surface area contributed by atoms with Gasteiger partial charge in [0.05, 0.1) is 7.11 Å². The highest BCUT2D eigenvalue weighted by Gasteiger charge is 2.55. The Bertz CT molecular complexity index is 2650. The highest BCUT2D eigenvalue weighted by molar-refractivity contribution is 5.88. The number of hydrogen-bond donors (Lipinski definition) is 12. The predicted octanol–water partition coefficient (Wildman–Crippen LogP) is -2.40. The van der Waals surface area contributed by atoms with Crippen molar-refractivity contribution < 1.29 is 123 Å². The first-order valence-corrected chi connectivity index (χ1v) is 20.2. The Balaban J connectivity index is 1.13. The molecule has 15 atom stereocenters. The molecule has 370 valence electrons. The van der Waals surface area contributed by atoms with Crippen LogP contribution in [-0.4, -0.2) is 184 Å². The van der Waals surface area contributed by atoms with E-state index in [0.717, 1.165) is 24.3 Å². The Morgan fingerprint density at radius 1 is 0.594 bits per heavy atom. The largest absolute Gasteiger partial charge is 0.507 e. The summed E-state index contributed by atoms with van der Waals surface area (Å²) >= 11 is 0. The SMILES string of the molecule is COc1cc(/C=C/C(=O)O[C@H]2[C@@H](O[C@@H]3[C@H](Oc4ccc(-c5cc(=O)c6c(O)cc(O[C@H]7O[C@@H](C(=O)O)[C@@H](O)[C@@H](O)[C@@H]7O)cc6o5)cc4)O[C@H](C(=O)O)[C@H](O)[C@H]3O)O[C@@H](C(=O)O)[C@H](O)[C@H]2O)ccc1O. The molecule has 0 bridgehead atoms. The van der Waals surface area contributed by atoms with Gasteiger partial charge in [-0.2, -0.15) is 0 Å². The van der Waals surface area contributed by atoms with Gasteiger partial charge in [-0.3, -0.25) is 4.79 Å². The van der Waals surface area contributed by atoms with Gasteiger partial charge in [0.2, 0.25) is 12.6 Å². The molecular weight excluding hydrogens is 932 g/mol. The van der Waals surface area contributed by atoms with Crippen LogP contribution >= 0.6 is 0 Å². The van der Waals surface area contributed by atoms with Gasteiger partial charge < -0.3 is 104 Å². The summed E-state index contributed by atoms with van der Waals surface area (Å²) in [4.78, 5) is 61.9. The first kappa shape index (κ1) is 49.9. The van der Waals surface area contributed by atoms with Crippen LogP contribution in [0.25, 0.3) is 28.4 Å². The van der Waals surface area contributed by atoms with Crippen molar-refractivity contribution in [2.24, 2.45) is 0 Å². The van der Waals surface area contributed by atoms with Crippen LogP contribution in [0.3, 0.4) is 0 Å². The molecule has 0 radical (unpaired) electrons. The lowest BCUT2D eigenvalue weighted by Gasteiger charge is -2.45. The number of carboxylic acids is 3. The van der Waals surface area contributed by atoms with E-state index in [1.54, 1.807) is 0 Å². The molecule has 12 N–H and O–H groups in total. The van der Waals surface area contributed by atoms with Crippen molar-refractivity contribution in [3.63, 3.8) is 0 Å². The summed E-state index contributed by atoms with van der Waals surface area (Å²) < 4.78 is 49.3. The van der Waals surface area contributed by atoms with E-state index in [1.165, 1.54) is 55.7 Å². The number of aliphatic carboxylic acids is 3. The molecule has 0 spiro atoms. The fourth-order valence-electron chi connectivity index (χ4n) is 7.42. The second-order valence-corrected chi connectivity index (χ2v) is 15.5. The molecule has 26 nitrogen and oxygen atoms in total. The molecule has 0 saturated carbocycles. The van der Waals surface area contributed by atoms with E-state index in [0.29, 0.717) is 5.56 Å². The number of aliphatic hydroxyl groups excluding tert-OH is 7. The molecule has 0 amide bonds. The summed E-state index contributed by atoms with van der Waals surface area (Å²) in [6.07, 6.45) is -29.6. The summed E-state index contributed by atoms with van der Waals surface area (Å²) in [7, 11) is 1.28. The van der Waals surface area contributed by atoms with Crippen LogP contribution < -0.4 is 19.6 Å². The van der Waals surface area contributed by atoms with E-state index in [9.17, 15) is 85.3 Å². The van der Waals surface area contributed by atoms with Gasteiger partial charge in [-0.05, 0) is 48.0 Å². The average molecular weight is 975 g/mol. The number of fused-ring (bicyclic) bond motifs is 1. The highest BCUT2D eigenvalue weighted by Crippen LogP contribution is 2.36. The van der Waals surface area contributed by atoms with Gasteiger partial charge in [-0.15, -0.1) is 0 Å². The van der Waals surface area contributed by atoms with Crippen molar-refractivity contribution >= 4 is 40.9 Å². The molecule has 4 aromatic rings. The minimum absolute atomic E-state index is 0.0513. The molecule has 26 heteroatoms. The van der Waals surface area contributed by atoms with Crippen LogP contribution in [0.4, 0.5) is 0 Å². The number of rotatable bonds is 14. The number of carbonyl (C=O) groups excluding carboxylic acids is 1. The van der Waals surface area contributed by atoms with Crippen molar-refractivity contribution in [2.75, 3.05) is 7.11 Å². The lowest BCUT2D eigenvalue weighted by molar-refractivity contribution is -0.350. The van der Waals surface area contributed by atoms with Crippen molar-refractivity contribution in [1.29, 1.82) is 0 Å². The molecule has 0 unspecified atom stereocenters. The van der Waals surface area contributed by atoms with E-state index in [2.05, 4.69) is 0 Å². The smallest absolute Gasteiger partial charge is 0.335 e. The summed E-state index contributed by atoms with van der Waals surface area (Å²) in [5.74, 6) is -8.00. The second-order valence-electron chi connectivity index (χ2n) is 15.5. The van der Waals surface area contributed by atoms with E-state index in [4.69, 9.17) is 42.3 Å². The van der Waals surface area contributed by atoms with Crippen LogP contribution in [0.2, 0.25) is 0 Å². The molecule has 3 aliphatic heterocycles. The zero-order chi connectivity index (χ0) is 50.2. The number of esters is 1. The summed E-state index contributed by atoms with van der Waals surface area (Å²) in [5, 5.41) is 123. The summed E-state index contributed by atoms with van der Waals surface area (Å²) in [5.41, 5.74) is -0.606. The van der Waals surface area contributed by atoms with Crippen LogP contribution in [-0.2, 0) is 42.9 Å². The minimum atomic E-state index is -2.25. The van der Waals surface area contributed by atoms with E-state index < -0.39 is 127 Å². The highest BCUT2D eigenvalue weighted by atomic mass is 16.8. The zero-order valence-electron chi connectivity index (χ0n) is 35.2. The summed E-state index contributed by atoms with van der Waals surface area (Å²) in [6.45, 7) is 0. The van der Waals surface area contributed by atoms with Gasteiger partial charge in [0.25, 0.3) is 0 Å². The van der Waals surface area contributed by atoms with Gasteiger partial charge in [0, 0.05) is 29.8 Å². The number of aliphatic hydroxyl groups is 7. The third-order valence-electron chi connectivity index (χ3n) is 11.0. The van der Waals surface area contributed by atoms with Crippen LogP contribution in [0, 0.1) is 0 Å². The number of benzene rings is 3. The number of aromatic hydroxyl groups is 2. The number of methoxy groups -OCH3 is 1. The second kappa shape index (κ2) is 20.3. The topological polar surface area (TPSA) is 415 Å². The molecule has 7 rings (SSSR count). The molecule has 0 aliphatic carbocycles. The number of hydrogen-bond acceptors (Lipinski definition) is 23. The fraction of sp³-hybridized carbons (Fsp3) is 0.372. The number of phenolic OH excluding ortho intramolecular Hbond substituents is 2. The molecule has 69 heavy (non-hydrogen) atoms. The molecule has 3 aliphatic rings. The van der Waals surface area contributed by atoms with Crippen molar-refractivity contribution in [1.82, 2.24) is 0 Å². The van der Waals surface area contributed by atoms with Gasteiger partial charge in [0.1, 0.15) is 76.7 Å². The quantitative estimate of drug-likeness (QED) is 0.0463. The lowest BCUT2D eigenvalue weighted by atomic mass is 9.96. The molecular formula is C43H42O26. The average Bonchev–Trinajstić information content (AvgIpc) is 3.30. The standard InChI is InChI=1S/C43H42O26/c1-61-22-10-14(2-8-18(22)44)3-9-24(47)65-36-30(52)28(50)35(40(59)60)68-43(36)69-37-31(53)29(51)34(39(57)58)67-42(37)62-16-6-4-15(5-7-16)21-13-20(46)25-19(45)11-17(12-23(25)64-21)63-41-32(54)26(48)27(49)33(66-41)38(55)56/h2-13,26-37,41-45,48-54H,1H3,(H,55,56)(H,57,58)(H,59,60)/b9-3+/t26-,27+,28-,29-,30-,31-,32+,33-,34+,35-,36-,37+,41+,42-,43-/m1/s1. The third kappa shape index (κ3) is 10.4. The zero-order valence-corrected chi connectivity index (χ0v) is 35.2. The maximum atomic E-state index is 13.2. The Labute approximate surface area is 385 Å². The maximum Gasteiger partial charge on any atom is 0.335 e. The van der Waals surface area contributed by atoms with Crippen molar-refractivity contribution in [3.8, 4) is 40.1 Å². The first-order chi connectivity index (χ1) is 32.7. The number of carboxylic acid groups (broad SMARTS) is 3. The van der Waals surface area contributed by atoms with Crippen LogP contribution in [0.15, 0.2) is 76.0 Å². The molecule has 1 aromatic heterocycles. The van der Waals surface area contributed by atoms with Gasteiger partial charge in [0.15, 0.2) is 53.7 Å². The first-order valence-electron chi connectivity index (χ1n) is 20.2. The van der Waals surface area contributed by atoms with Gasteiger partial charge in [-0.25, -0.2) is 19.2 Å². The Morgan fingerprint density at radius 2 is 1.16 bits per heavy atom. The molecule has 3 aromatic carbocycles. The van der Waals surface area contributed by atoms with Crippen molar-refractivity contribution in [3.05, 3.63) is 82.5 Å². The van der Waals surface area contributed by atoms with E-state index in [1.807, 2.05) is 0 Å². The molecule has 4 heterocycles. The summed E-state index contributed by atoms with van der Waals surface area (Å²) in [6, 6.07) is 12.1. The minimum Gasteiger partial charge on any atom is -0.507 e.